The van der Waals surface area contributed by atoms with Crippen molar-refractivity contribution in [3.8, 4) is 0 Å². The van der Waals surface area contributed by atoms with E-state index >= 15 is 0 Å². The zero-order chi connectivity index (χ0) is 15.1. The second-order valence-corrected chi connectivity index (χ2v) is 4.67. The zero-order valence-electron chi connectivity index (χ0n) is 10.8. The summed E-state index contributed by atoms with van der Waals surface area (Å²) in [5, 5.41) is 21.1. The normalized spacial score (nSPS) is 19.5. The fraction of sp³-hybridized carbons (Fsp3) is 0.727. The van der Waals surface area contributed by atoms with E-state index in [1.54, 1.807) is 0 Å². The lowest BCUT2D eigenvalue weighted by Crippen LogP contribution is -2.42. The largest absolute Gasteiger partial charge is 0.481 e. The first-order chi connectivity index (χ1) is 9.45. The van der Waals surface area contributed by atoms with Crippen molar-refractivity contribution >= 4 is 17.8 Å². The van der Waals surface area contributed by atoms with E-state index < -0.39 is 18.0 Å². The molecule has 0 bridgehead atoms. The van der Waals surface area contributed by atoms with Crippen LogP contribution in [0.15, 0.2) is 5.11 Å². The maximum atomic E-state index is 11.8. The molecule has 1 aliphatic heterocycles. The van der Waals surface area contributed by atoms with Gasteiger partial charge in [-0.05, 0) is 24.3 Å². The van der Waals surface area contributed by atoms with Gasteiger partial charge in [-0.2, -0.15) is 0 Å². The number of carbonyl (C=O) groups excluding carboxylic acids is 1. The van der Waals surface area contributed by atoms with Crippen LogP contribution in [0.1, 0.15) is 25.7 Å². The van der Waals surface area contributed by atoms with Crippen LogP contribution in [-0.2, 0) is 14.4 Å². The standard InChI is InChI=1S/C11H16N4O5/c12-14-13-5-7-4-9(16)15(6-7)8(11(19)20)2-1-3-10(17)18/h7-8H,1-6H2,(H,17,18)(H,19,20). The summed E-state index contributed by atoms with van der Waals surface area (Å²) in [4.78, 5) is 37.3. The highest BCUT2D eigenvalue weighted by atomic mass is 16.4. The average Bonchev–Trinajstić information content (AvgIpc) is 2.72. The number of azide groups is 1. The van der Waals surface area contributed by atoms with Gasteiger partial charge in [0.1, 0.15) is 6.04 Å². The third-order valence-electron chi connectivity index (χ3n) is 3.17. The third-order valence-corrected chi connectivity index (χ3v) is 3.17. The predicted molar refractivity (Wildman–Crippen MR) is 66.7 cm³/mol. The highest BCUT2D eigenvalue weighted by Gasteiger charge is 2.37. The van der Waals surface area contributed by atoms with Crippen LogP contribution in [-0.4, -0.2) is 52.1 Å². The molecule has 1 rings (SSSR count). The molecule has 2 unspecified atom stereocenters. The second-order valence-electron chi connectivity index (χ2n) is 4.67. The van der Waals surface area contributed by atoms with Crippen LogP contribution in [0, 0.1) is 5.92 Å². The summed E-state index contributed by atoms with van der Waals surface area (Å²) in [5.41, 5.74) is 8.23. The molecule has 9 heteroatoms. The number of likely N-dealkylation sites (tertiary alicyclic amines) is 1. The average molecular weight is 284 g/mol. The van der Waals surface area contributed by atoms with Crippen LogP contribution in [0.5, 0.6) is 0 Å². The van der Waals surface area contributed by atoms with Crippen LogP contribution >= 0.6 is 0 Å². The summed E-state index contributed by atoms with van der Waals surface area (Å²) in [6, 6.07) is -1.02. The lowest BCUT2D eigenvalue weighted by Gasteiger charge is -2.24. The summed E-state index contributed by atoms with van der Waals surface area (Å²) >= 11 is 0. The SMILES string of the molecule is [N-]=[N+]=NCC1CC(=O)N(C(CCCC(=O)O)C(=O)O)C1. The number of aliphatic carboxylic acids is 2. The van der Waals surface area contributed by atoms with Gasteiger partial charge in [-0.3, -0.25) is 9.59 Å². The monoisotopic (exact) mass is 284 g/mol. The summed E-state index contributed by atoms with van der Waals surface area (Å²) in [5.74, 6) is -2.62. The van der Waals surface area contributed by atoms with Crippen molar-refractivity contribution in [2.24, 2.45) is 11.0 Å². The number of amides is 1. The Morgan fingerprint density at radius 1 is 1.50 bits per heavy atom. The predicted octanol–water partition coefficient (Wildman–Crippen LogP) is 0.853. The maximum absolute atomic E-state index is 11.8. The molecule has 0 aromatic heterocycles. The Morgan fingerprint density at radius 2 is 2.20 bits per heavy atom. The number of carboxylic acids is 2. The van der Waals surface area contributed by atoms with Gasteiger partial charge in [-0.25, -0.2) is 4.79 Å². The summed E-state index contributed by atoms with van der Waals surface area (Å²) in [6.07, 6.45) is 0.314. The molecule has 0 radical (unpaired) electrons. The van der Waals surface area contributed by atoms with Crippen LogP contribution in [0.25, 0.3) is 10.4 Å². The molecule has 1 fully saturated rings. The lowest BCUT2D eigenvalue weighted by atomic mass is 10.1. The van der Waals surface area contributed by atoms with Crippen LogP contribution < -0.4 is 0 Å². The van der Waals surface area contributed by atoms with Crippen molar-refractivity contribution in [2.75, 3.05) is 13.1 Å². The smallest absolute Gasteiger partial charge is 0.326 e. The van der Waals surface area contributed by atoms with E-state index in [0.717, 1.165) is 0 Å². The molecule has 0 saturated carbocycles. The molecule has 110 valence electrons. The molecular formula is C11H16N4O5. The Labute approximate surface area is 114 Å². The van der Waals surface area contributed by atoms with Crippen LogP contribution in [0.3, 0.4) is 0 Å². The molecule has 20 heavy (non-hydrogen) atoms. The Hall–Kier alpha value is -2.28. The minimum Gasteiger partial charge on any atom is -0.481 e. The van der Waals surface area contributed by atoms with E-state index in [2.05, 4.69) is 10.0 Å². The van der Waals surface area contributed by atoms with Gasteiger partial charge in [0.25, 0.3) is 0 Å². The van der Waals surface area contributed by atoms with Crippen LogP contribution in [0.2, 0.25) is 0 Å². The van der Waals surface area contributed by atoms with Gasteiger partial charge in [0.05, 0.1) is 0 Å². The molecule has 0 aliphatic carbocycles. The number of nitrogens with zero attached hydrogens (tertiary/aromatic N) is 4. The van der Waals surface area contributed by atoms with Gasteiger partial charge in [0, 0.05) is 30.8 Å². The Kier molecular flexibility index (Phi) is 5.79. The Bertz CT molecular complexity index is 446. The summed E-state index contributed by atoms with van der Waals surface area (Å²) in [6.45, 7) is 0.377. The highest BCUT2D eigenvalue weighted by Crippen LogP contribution is 2.23. The summed E-state index contributed by atoms with van der Waals surface area (Å²) < 4.78 is 0. The van der Waals surface area contributed by atoms with Crippen molar-refractivity contribution in [3.63, 3.8) is 0 Å². The first-order valence-corrected chi connectivity index (χ1v) is 6.20. The molecule has 2 atom stereocenters. The van der Waals surface area contributed by atoms with Crippen molar-refractivity contribution < 1.29 is 24.6 Å². The molecule has 1 saturated heterocycles. The van der Waals surface area contributed by atoms with E-state index in [4.69, 9.17) is 15.7 Å². The van der Waals surface area contributed by atoms with Crippen molar-refractivity contribution in [1.82, 2.24) is 4.90 Å². The lowest BCUT2D eigenvalue weighted by molar-refractivity contribution is -0.149. The first kappa shape index (κ1) is 15.8. The number of carbonyl (C=O) groups is 3. The van der Waals surface area contributed by atoms with Gasteiger partial charge in [-0.15, -0.1) is 0 Å². The minimum atomic E-state index is -1.15. The van der Waals surface area contributed by atoms with Gasteiger partial charge in [0.2, 0.25) is 5.91 Å². The second kappa shape index (κ2) is 7.34. The fourth-order valence-corrected chi connectivity index (χ4v) is 2.24. The van der Waals surface area contributed by atoms with E-state index in [9.17, 15) is 14.4 Å². The molecule has 9 nitrogen and oxygen atoms in total. The Morgan fingerprint density at radius 3 is 2.75 bits per heavy atom. The van der Waals surface area contributed by atoms with Gasteiger partial charge >= 0.3 is 11.9 Å². The highest BCUT2D eigenvalue weighted by molar-refractivity contribution is 5.85. The first-order valence-electron chi connectivity index (χ1n) is 6.20. The van der Waals surface area contributed by atoms with Gasteiger partial charge in [0.15, 0.2) is 0 Å². The molecule has 0 aromatic carbocycles. The minimum absolute atomic E-state index is 0.0988. The van der Waals surface area contributed by atoms with Gasteiger partial charge < -0.3 is 15.1 Å². The van der Waals surface area contributed by atoms with Crippen molar-refractivity contribution in [1.29, 1.82) is 0 Å². The van der Waals surface area contributed by atoms with E-state index in [-0.39, 0.29) is 50.6 Å². The topological polar surface area (TPSA) is 144 Å². The fourth-order valence-electron chi connectivity index (χ4n) is 2.24. The van der Waals surface area contributed by atoms with Crippen molar-refractivity contribution in [3.05, 3.63) is 10.4 Å². The molecular weight excluding hydrogens is 268 g/mol. The quantitative estimate of drug-likeness (QED) is 0.385. The van der Waals surface area contributed by atoms with E-state index in [0.29, 0.717) is 0 Å². The molecule has 1 aliphatic rings. The summed E-state index contributed by atoms with van der Waals surface area (Å²) in [7, 11) is 0. The number of hydrogen-bond acceptors (Lipinski definition) is 4. The molecule has 1 amide bonds. The molecule has 1 heterocycles. The van der Waals surface area contributed by atoms with Gasteiger partial charge in [-0.1, -0.05) is 5.11 Å². The molecule has 0 spiro atoms. The number of rotatable bonds is 8. The number of hydrogen-bond donors (Lipinski definition) is 2. The Balaban J connectivity index is 2.62. The van der Waals surface area contributed by atoms with E-state index in [1.807, 2.05) is 0 Å². The van der Waals surface area contributed by atoms with E-state index in [1.165, 1.54) is 4.90 Å². The maximum Gasteiger partial charge on any atom is 0.326 e. The van der Waals surface area contributed by atoms with Crippen molar-refractivity contribution in [2.45, 2.75) is 31.7 Å². The van der Waals surface area contributed by atoms with Crippen LogP contribution in [0.4, 0.5) is 0 Å². The number of carboxylic acid groups (broad SMARTS) is 2. The third kappa shape index (κ3) is 4.43. The molecule has 0 aromatic rings. The molecule has 2 N–H and O–H groups in total. The zero-order valence-corrected chi connectivity index (χ0v) is 10.8.